The first-order chi connectivity index (χ1) is 16.0. The Morgan fingerprint density at radius 2 is 1.73 bits per heavy atom. The molecule has 1 aromatic carbocycles. The number of aliphatic hydroxyl groups excluding tert-OH is 1. The van der Waals surface area contributed by atoms with Gasteiger partial charge in [-0.3, -0.25) is 9.79 Å². The first-order valence-corrected chi connectivity index (χ1v) is 12.7. The Hall–Kier alpha value is -2.51. The number of carboxylic acid groups (broad SMARTS) is 1. The lowest BCUT2D eigenvalue weighted by Gasteiger charge is -2.38. The third-order valence-corrected chi connectivity index (χ3v) is 8.18. The molecule has 2 aromatic rings. The quantitative estimate of drug-likeness (QED) is 0.577. The van der Waals surface area contributed by atoms with E-state index < -0.39 is 5.97 Å². The number of hydrogen-bond acceptors (Lipinski definition) is 5. The van der Waals surface area contributed by atoms with Gasteiger partial charge in [-0.1, -0.05) is 37.3 Å². The number of carboxylic acids is 1. The number of nitrogens with zero attached hydrogens (tertiary/aromatic N) is 2. The number of hydrogen-bond donors (Lipinski definition) is 2. The Labute approximate surface area is 199 Å². The summed E-state index contributed by atoms with van der Waals surface area (Å²) < 4.78 is 0. The van der Waals surface area contributed by atoms with Crippen molar-refractivity contribution in [3.05, 3.63) is 41.3 Å². The van der Waals surface area contributed by atoms with Crippen LogP contribution < -0.4 is 4.90 Å². The van der Waals surface area contributed by atoms with Crippen molar-refractivity contribution < 1.29 is 19.8 Å². The largest absolute Gasteiger partial charge is 0.477 e. The molecule has 2 aliphatic rings. The highest BCUT2D eigenvalue weighted by atomic mass is 32.1. The van der Waals surface area contributed by atoms with E-state index in [9.17, 15) is 14.7 Å². The van der Waals surface area contributed by atoms with Crippen molar-refractivity contribution in [1.29, 1.82) is 0 Å². The molecule has 2 fully saturated rings. The van der Waals surface area contributed by atoms with Gasteiger partial charge < -0.3 is 15.1 Å². The molecule has 1 amide bonds. The predicted molar refractivity (Wildman–Crippen MR) is 132 cm³/mol. The van der Waals surface area contributed by atoms with E-state index in [1.807, 2.05) is 41.3 Å². The standard InChI is InChI=1S/C26H32N2O4S/c1-17-7-9-19(10-8-17)25(30)28(21-13-11-20(12-14-21)27-16-29)22-15-23(33-24(22)26(31)32)18-5-3-2-4-6-18/h2-6,15,17,19,21,29H,7-14,16H2,1H3,(H,31,32). The van der Waals surface area contributed by atoms with Crippen LogP contribution in [0.15, 0.2) is 41.4 Å². The number of aliphatic imine (C=N–C) groups is 1. The molecule has 33 heavy (non-hydrogen) atoms. The average Bonchev–Trinajstić information content (AvgIpc) is 3.27. The second-order valence-corrected chi connectivity index (χ2v) is 10.3. The van der Waals surface area contributed by atoms with Crippen LogP contribution in [-0.2, 0) is 4.79 Å². The number of amides is 1. The minimum absolute atomic E-state index is 0.0598. The van der Waals surface area contributed by atoms with Crippen molar-refractivity contribution in [2.75, 3.05) is 11.6 Å². The molecular weight excluding hydrogens is 436 g/mol. The van der Waals surface area contributed by atoms with Gasteiger partial charge in [0.15, 0.2) is 0 Å². The highest BCUT2D eigenvalue weighted by Crippen LogP contribution is 2.41. The predicted octanol–water partition coefficient (Wildman–Crippen LogP) is 5.61. The molecular formula is C26H32N2O4S. The van der Waals surface area contributed by atoms with Crippen molar-refractivity contribution in [2.24, 2.45) is 16.8 Å². The van der Waals surface area contributed by atoms with Gasteiger partial charge in [0.1, 0.15) is 11.6 Å². The minimum Gasteiger partial charge on any atom is -0.477 e. The van der Waals surface area contributed by atoms with Crippen molar-refractivity contribution in [2.45, 2.75) is 64.3 Å². The lowest BCUT2D eigenvalue weighted by molar-refractivity contribution is -0.124. The zero-order valence-corrected chi connectivity index (χ0v) is 19.9. The molecule has 176 valence electrons. The van der Waals surface area contributed by atoms with Gasteiger partial charge in [0.2, 0.25) is 5.91 Å². The van der Waals surface area contributed by atoms with Crippen LogP contribution in [0.4, 0.5) is 5.69 Å². The van der Waals surface area contributed by atoms with Crippen LogP contribution >= 0.6 is 11.3 Å². The molecule has 0 aliphatic heterocycles. The summed E-state index contributed by atoms with van der Waals surface area (Å²) in [5.41, 5.74) is 2.46. The summed E-state index contributed by atoms with van der Waals surface area (Å²) in [6.45, 7) is 2.02. The topological polar surface area (TPSA) is 90.2 Å². The number of aliphatic hydroxyl groups is 1. The van der Waals surface area contributed by atoms with E-state index in [1.54, 1.807) is 0 Å². The average molecular weight is 469 g/mol. The van der Waals surface area contributed by atoms with Gasteiger partial charge in [0, 0.05) is 22.5 Å². The minimum atomic E-state index is -0.995. The van der Waals surface area contributed by atoms with E-state index >= 15 is 0 Å². The number of anilines is 1. The Balaban J connectivity index is 1.71. The molecule has 2 saturated carbocycles. The maximum atomic E-state index is 13.9. The smallest absolute Gasteiger partial charge is 0.348 e. The second kappa shape index (κ2) is 10.6. The fourth-order valence-corrected chi connectivity index (χ4v) is 6.10. The fraction of sp³-hybridized carbons (Fsp3) is 0.500. The molecule has 7 heteroatoms. The highest BCUT2D eigenvalue weighted by molar-refractivity contribution is 7.18. The van der Waals surface area contributed by atoms with Crippen LogP contribution in [0.2, 0.25) is 0 Å². The molecule has 0 spiro atoms. The van der Waals surface area contributed by atoms with Gasteiger partial charge >= 0.3 is 5.97 Å². The molecule has 0 unspecified atom stereocenters. The number of carbonyl (C=O) groups is 2. The number of aromatic carboxylic acids is 1. The van der Waals surface area contributed by atoms with Gasteiger partial charge in [0.05, 0.1) is 5.69 Å². The SMILES string of the molecule is CC1CCC(C(=O)N(c2cc(-c3ccccc3)sc2C(=O)O)C2CCC(=NCO)CC2)CC1. The lowest BCUT2D eigenvalue weighted by atomic mass is 9.81. The van der Waals surface area contributed by atoms with Crippen molar-refractivity contribution in [3.8, 4) is 10.4 Å². The first kappa shape index (κ1) is 23.6. The van der Waals surface area contributed by atoms with E-state index in [0.29, 0.717) is 11.6 Å². The van der Waals surface area contributed by atoms with Gasteiger partial charge in [-0.25, -0.2) is 4.79 Å². The molecule has 0 saturated heterocycles. The lowest BCUT2D eigenvalue weighted by Crippen LogP contribution is -2.46. The number of benzene rings is 1. The summed E-state index contributed by atoms with van der Waals surface area (Å²) in [4.78, 5) is 33.2. The van der Waals surface area contributed by atoms with E-state index in [-0.39, 0.29) is 29.5 Å². The Bertz CT molecular complexity index is 999. The molecule has 1 aromatic heterocycles. The maximum Gasteiger partial charge on any atom is 0.348 e. The van der Waals surface area contributed by atoms with Gasteiger partial charge in [-0.2, -0.15) is 0 Å². The molecule has 4 rings (SSSR count). The zero-order chi connectivity index (χ0) is 23.4. The van der Waals surface area contributed by atoms with Crippen LogP contribution in [-0.4, -0.2) is 40.6 Å². The molecule has 0 bridgehead atoms. The first-order valence-electron chi connectivity index (χ1n) is 11.9. The summed E-state index contributed by atoms with van der Waals surface area (Å²) in [5.74, 6) is -0.356. The van der Waals surface area contributed by atoms with E-state index in [2.05, 4.69) is 11.9 Å². The summed E-state index contributed by atoms with van der Waals surface area (Å²) in [6.07, 6.45) is 6.67. The molecule has 0 atom stereocenters. The molecule has 6 nitrogen and oxygen atoms in total. The van der Waals surface area contributed by atoms with Crippen molar-refractivity contribution >= 4 is 34.6 Å². The number of thiophene rings is 1. The Morgan fingerprint density at radius 3 is 2.33 bits per heavy atom. The van der Waals surface area contributed by atoms with Gasteiger partial charge in [0.25, 0.3) is 0 Å². The molecule has 2 N–H and O–H groups in total. The van der Waals surface area contributed by atoms with Crippen LogP contribution in [0.3, 0.4) is 0 Å². The molecule has 2 aliphatic carbocycles. The maximum absolute atomic E-state index is 13.9. The van der Waals surface area contributed by atoms with Crippen molar-refractivity contribution in [1.82, 2.24) is 0 Å². The van der Waals surface area contributed by atoms with E-state index in [0.717, 1.165) is 67.5 Å². The van der Waals surface area contributed by atoms with Crippen molar-refractivity contribution in [3.63, 3.8) is 0 Å². The summed E-state index contributed by atoms with van der Waals surface area (Å²) in [7, 11) is 0. The molecule has 0 radical (unpaired) electrons. The second-order valence-electron chi connectivity index (χ2n) is 9.26. The fourth-order valence-electron chi connectivity index (χ4n) is 5.11. The van der Waals surface area contributed by atoms with Crippen LogP contribution in [0, 0.1) is 11.8 Å². The zero-order valence-electron chi connectivity index (χ0n) is 19.1. The Morgan fingerprint density at radius 1 is 1.06 bits per heavy atom. The summed E-state index contributed by atoms with van der Waals surface area (Å²) >= 11 is 1.24. The van der Waals surface area contributed by atoms with Gasteiger partial charge in [-0.05, 0) is 68.9 Å². The van der Waals surface area contributed by atoms with Crippen LogP contribution in [0.25, 0.3) is 10.4 Å². The van der Waals surface area contributed by atoms with Gasteiger partial charge in [-0.15, -0.1) is 11.3 Å². The number of rotatable bonds is 6. The molecule has 1 heterocycles. The highest BCUT2D eigenvalue weighted by Gasteiger charge is 2.37. The number of carbonyl (C=O) groups excluding carboxylic acids is 1. The Kier molecular flexibility index (Phi) is 7.60. The third-order valence-electron chi connectivity index (χ3n) is 7.02. The van der Waals surface area contributed by atoms with Crippen LogP contribution in [0.1, 0.15) is 68.0 Å². The third kappa shape index (κ3) is 5.36. The monoisotopic (exact) mass is 468 g/mol. The summed E-state index contributed by atoms with van der Waals surface area (Å²) in [5, 5.41) is 19.2. The van der Waals surface area contributed by atoms with E-state index in [4.69, 9.17) is 5.11 Å². The normalized spacial score (nSPS) is 23.2. The van der Waals surface area contributed by atoms with E-state index in [1.165, 1.54) is 11.3 Å². The summed E-state index contributed by atoms with van der Waals surface area (Å²) in [6, 6.07) is 11.6. The van der Waals surface area contributed by atoms with Crippen LogP contribution in [0.5, 0.6) is 0 Å².